The van der Waals surface area contributed by atoms with E-state index in [4.69, 9.17) is 4.52 Å². The highest BCUT2D eigenvalue weighted by molar-refractivity contribution is 5.76. The lowest BCUT2D eigenvalue weighted by Gasteiger charge is -2.36. The molecule has 2 aromatic heterocycles. The van der Waals surface area contributed by atoms with Gasteiger partial charge in [-0.1, -0.05) is 5.16 Å². The summed E-state index contributed by atoms with van der Waals surface area (Å²) in [5.74, 6) is 2.71. The number of aryl methyl sites for hydroxylation is 4. The molecule has 2 atom stereocenters. The molecule has 2 aromatic rings. The highest BCUT2D eigenvalue weighted by Crippen LogP contribution is 2.30. The number of carbonyl (C=O) groups excluding carboxylic acids is 1. The summed E-state index contributed by atoms with van der Waals surface area (Å²) in [4.78, 5) is 21.8. The van der Waals surface area contributed by atoms with Crippen LogP contribution in [0.1, 0.15) is 42.1 Å². The Labute approximate surface area is 160 Å². The van der Waals surface area contributed by atoms with Crippen molar-refractivity contribution in [3.63, 3.8) is 0 Å². The van der Waals surface area contributed by atoms with Crippen molar-refractivity contribution in [2.45, 2.75) is 59.2 Å². The van der Waals surface area contributed by atoms with Crippen molar-refractivity contribution in [3.8, 4) is 0 Å². The van der Waals surface area contributed by atoms with Gasteiger partial charge in [0.1, 0.15) is 11.6 Å². The van der Waals surface area contributed by atoms with E-state index in [1.54, 1.807) is 6.20 Å². The Morgan fingerprint density at radius 1 is 1.22 bits per heavy atom. The van der Waals surface area contributed by atoms with E-state index in [1.165, 1.54) is 12.0 Å². The maximum absolute atomic E-state index is 12.9. The molecule has 2 bridgehead atoms. The van der Waals surface area contributed by atoms with E-state index in [0.29, 0.717) is 24.9 Å². The van der Waals surface area contributed by atoms with E-state index in [0.717, 1.165) is 49.9 Å². The molecule has 1 amide bonds. The third kappa shape index (κ3) is 3.78. The largest absolute Gasteiger partial charge is 0.361 e. The molecule has 0 aromatic carbocycles. The second-order valence-electron chi connectivity index (χ2n) is 8.06. The lowest BCUT2D eigenvalue weighted by Crippen LogP contribution is -2.47. The second-order valence-corrected chi connectivity index (χ2v) is 8.06. The van der Waals surface area contributed by atoms with Crippen LogP contribution in [-0.2, 0) is 17.9 Å². The smallest absolute Gasteiger partial charge is 0.224 e. The monoisotopic (exact) mass is 371 g/mol. The average Bonchev–Trinajstić information content (AvgIpc) is 3.06. The molecule has 146 valence electrons. The number of aromatic nitrogens is 3. The molecular formula is C20H29N5O2. The zero-order chi connectivity index (χ0) is 19.0. The van der Waals surface area contributed by atoms with Crippen molar-refractivity contribution in [1.82, 2.24) is 24.5 Å². The van der Waals surface area contributed by atoms with Crippen LogP contribution in [0.5, 0.6) is 0 Å². The van der Waals surface area contributed by atoms with Crippen LogP contribution in [0.4, 0.5) is 0 Å². The molecule has 0 unspecified atom stereocenters. The highest BCUT2D eigenvalue weighted by Gasteiger charge is 2.37. The average molecular weight is 371 g/mol. The molecule has 0 saturated carbocycles. The third-order valence-corrected chi connectivity index (χ3v) is 6.16. The number of imidazole rings is 1. The lowest BCUT2D eigenvalue weighted by atomic mass is 9.94. The van der Waals surface area contributed by atoms with Gasteiger partial charge in [-0.3, -0.25) is 9.69 Å². The van der Waals surface area contributed by atoms with Gasteiger partial charge in [0.25, 0.3) is 0 Å². The van der Waals surface area contributed by atoms with Gasteiger partial charge in [-0.25, -0.2) is 4.98 Å². The normalized spacial score (nSPS) is 23.0. The summed E-state index contributed by atoms with van der Waals surface area (Å²) >= 11 is 0. The summed E-state index contributed by atoms with van der Waals surface area (Å²) in [7, 11) is 0. The number of hydrogen-bond donors (Lipinski definition) is 0. The number of rotatable bonds is 5. The molecule has 7 nitrogen and oxygen atoms in total. The van der Waals surface area contributed by atoms with Gasteiger partial charge in [0, 0.05) is 63.1 Å². The van der Waals surface area contributed by atoms with Crippen molar-refractivity contribution in [1.29, 1.82) is 0 Å². The maximum atomic E-state index is 12.9. The van der Waals surface area contributed by atoms with E-state index in [-0.39, 0.29) is 5.91 Å². The van der Waals surface area contributed by atoms with Gasteiger partial charge in [0.05, 0.1) is 5.69 Å². The summed E-state index contributed by atoms with van der Waals surface area (Å²) in [5, 5.41) is 4.08. The molecule has 5 rings (SSSR count). The van der Waals surface area contributed by atoms with Crippen LogP contribution in [0.2, 0.25) is 0 Å². The zero-order valence-electron chi connectivity index (χ0n) is 16.5. The number of carbonyl (C=O) groups is 1. The molecule has 0 radical (unpaired) electrons. The van der Waals surface area contributed by atoms with Gasteiger partial charge in [0.2, 0.25) is 5.91 Å². The van der Waals surface area contributed by atoms with Crippen molar-refractivity contribution in [3.05, 3.63) is 35.2 Å². The fourth-order valence-corrected chi connectivity index (χ4v) is 4.56. The standard InChI is InChI=1S/C20H29N5O2/c1-14-19(15(2)27-22-14)13-23-10-17-4-5-18(12-23)25(11-17)20(26)6-8-24-9-7-21-16(24)3/h7,9,17-18H,4-6,8,10-13H2,1-3H3/t17-,18+/m0/s1. The first-order chi connectivity index (χ1) is 13.0. The van der Waals surface area contributed by atoms with Crippen LogP contribution in [-0.4, -0.2) is 56.1 Å². The van der Waals surface area contributed by atoms with Crippen LogP contribution in [0, 0.1) is 26.7 Å². The molecule has 3 fully saturated rings. The van der Waals surface area contributed by atoms with E-state index >= 15 is 0 Å². The quantitative estimate of drug-likeness (QED) is 0.807. The Morgan fingerprint density at radius 3 is 2.78 bits per heavy atom. The minimum Gasteiger partial charge on any atom is -0.361 e. The van der Waals surface area contributed by atoms with Gasteiger partial charge in [0.15, 0.2) is 0 Å². The fraction of sp³-hybridized carbons (Fsp3) is 0.650. The number of amides is 1. The maximum Gasteiger partial charge on any atom is 0.224 e. The minimum absolute atomic E-state index is 0.275. The van der Waals surface area contributed by atoms with Gasteiger partial charge < -0.3 is 14.0 Å². The Hall–Kier alpha value is -2.15. The molecule has 0 aliphatic carbocycles. The zero-order valence-corrected chi connectivity index (χ0v) is 16.5. The summed E-state index contributed by atoms with van der Waals surface area (Å²) in [6.07, 6.45) is 6.61. The first-order valence-corrected chi connectivity index (χ1v) is 9.92. The summed E-state index contributed by atoms with van der Waals surface area (Å²) in [6.45, 7) is 10.4. The number of hydrogen-bond acceptors (Lipinski definition) is 5. The first-order valence-electron chi connectivity index (χ1n) is 9.92. The topological polar surface area (TPSA) is 67.4 Å². The summed E-state index contributed by atoms with van der Waals surface area (Å²) < 4.78 is 7.38. The highest BCUT2D eigenvalue weighted by atomic mass is 16.5. The molecule has 3 aliphatic rings. The van der Waals surface area contributed by atoms with Crippen molar-refractivity contribution >= 4 is 5.91 Å². The van der Waals surface area contributed by atoms with Crippen LogP contribution < -0.4 is 0 Å². The molecule has 3 aliphatic heterocycles. The van der Waals surface area contributed by atoms with Crippen LogP contribution in [0.3, 0.4) is 0 Å². The number of piperidine rings is 1. The molecule has 27 heavy (non-hydrogen) atoms. The molecular weight excluding hydrogens is 342 g/mol. The van der Waals surface area contributed by atoms with Gasteiger partial charge in [-0.15, -0.1) is 0 Å². The minimum atomic E-state index is 0.275. The van der Waals surface area contributed by atoms with Crippen molar-refractivity contribution in [2.75, 3.05) is 19.6 Å². The first kappa shape index (κ1) is 18.2. The Balaban J connectivity index is 1.40. The van der Waals surface area contributed by atoms with E-state index in [2.05, 4.69) is 24.5 Å². The lowest BCUT2D eigenvalue weighted by molar-refractivity contribution is -0.135. The number of fused-ring (bicyclic) bond motifs is 4. The number of nitrogens with zero attached hydrogens (tertiary/aromatic N) is 5. The van der Waals surface area contributed by atoms with Gasteiger partial charge >= 0.3 is 0 Å². The van der Waals surface area contributed by atoms with E-state index < -0.39 is 0 Å². The Bertz CT molecular complexity index is 792. The summed E-state index contributed by atoms with van der Waals surface area (Å²) in [6, 6.07) is 0.320. The Kier molecular flexibility index (Phi) is 5.04. The van der Waals surface area contributed by atoms with Crippen LogP contribution in [0.25, 0.3) is 0 Å². The predicted molar refractivity (Wildman–Crippen MR) is 101 cm³/mol. The van der Waals surface area contributed by atoms with Crippen molar-refractivity contribution < 1.29 is 9.32 Å². The molecule has 0 N–H and O–H groups in total. The molecule has 3 saturated heterocycles. The molecule has 5 heterocycles. The van der Waals surface area contributed by atoms with Crippen molar-refractivity contribution in [2.24, 2.45) is 5.92 Å². The predicted octanol–water partition coefficient (Wildman–Crippen LogP) is 2.31. The van der Waals surface area contributed by atoms with Crippen LogP contribution in [0.15, 0.2) is 16.9 Å². The van der Waals surface area contributed by atoms with Gasteiger partial charge in [-0.2, -0.15) is 0 Å². The second kappa shape index (κ2) is 7.46. The van der Waals surface area contributed by atoms with Gasteiger partial charge in [-0.05, 0) is 39.5 Å². The fourth-order valence-electron chi connectivity index (χ4n) is 4.56. The Morgan fingerprint density at radius 2 is 2.07 bits per heavy atom. The van der Waals surface area contributed by atoms with Crippen LogP contribution >= 0.6 is 0 Å². The van der Waals surface area contributed by atoms with E-state index in [9.17, 15) is 4.79 Å². The molecule has 7 heteroatoms. The SMILES string of the molecule is Cc1noc(C)c1CN1C[C@@H]2CC[C@H](C1)N(C(=O)CCn1ccnc1C)C2. The molecule has 0 spiro atoms. The third-order valence-electron chi connectivity index (χ3n) is 6.16. The summed E-state index contributed by atoms with van der Waals surface area (Å²) in [5.41, 5.74) is 2.18. The van der Waals surface area contributed by atoms with E-state index in [1.807, 2.05) is 27.0 Å².